The third-order valence-electron chi connectivity index (χ3n) is 5.62. The van der Waals surface area contributed by atoms with E-state index in [0.29, 0.717) is 41.0 Å². The number of carbonyl (C=O) groups excluding carboxylic acids is 2. The van der Waals surface area contributed by atoms with E-state index in [1.165, 1.54) is 25.4 Å². The lowest BCUT2D eigenvalue weighted by Gasteiger charge is -2.25. The number of esters is 1. The highest BCUT2D eigenvalue weighted by atomic mass is 32.2. The molecule has 1 aromatic carbocycles. The number of benzene rings is 1. The van der Waals surface area contributed by atoms with E-state index in [0.717, 1.165) is 40.4 Å². The number of nitrogens with zero attached hydrogens (tertiary/aromatic N) is 1. The second kappa shape index (κ2) is 9.60. The van der Waals surface area contributed by atoms with E-state index in [-0.39, 0.29) is 5.75 Å². The molecule has 1 N–H and O–H groups in total. The van der Waals surface area contributed by atoms with Crippen LogP contribution in [0.15, 0.2) is 18.2 Å². The number of hydrogen-bond donors (Lipinski definition) is 1. The van der Waals surface area contributed by atoms with Crippen molar-refractivity contribution in [2.24, 2.45) is 0 Å². The second-order valence-electron chi connectivity index (χ2n) is 7.69. The van der Waals surface area contributed by atoms with Gasteiger partial charge >= 0.3 is 5.97 Å². The third-order valence-corrected chi connectivity index (χ3v) is 8.56. The minimum absolute atomic E-state index is 0.185. The summed E-state index contributed by atoms with van der Waals surface area (Å²) in [6.45, 7) is 1.84. The molecule has 178 valence electrons. The first-order chi connectivity index (χ1) is 15.8. The molecule has 9 nitrogen and oxygen atoms in total. The van der Waals surface area contributed by atoms with E-state index < -0.39 is 28.4 Å². The molecule has 4 rings (SSSR count). The van der Waals surface area contributed by atoms with Crippen LogP contribution in [-0.2, 0) is 32.4 Å². The monoisotopic (exact) mass is 494 g/mol. The molecule has 0 saturated carbocycles. The number of aryl methyl sites for hydroxylation is 1. The van der Waals surface area contributed by atoms with Crippen LogP contribution in [-0.4, -0.2) is 52.9 Å². The first-order valence-electron chi connectivity index (χ1n) is 10.8. The zero-order valence-electron chi connectivity index (χ0n) is 18.5. The SMILES string of the molecule is CCS(=O)(=O)N(CC(=O)Nc1sc2c(c1C(=O)OC)CCCC2)c1ccc2c(c1)OCCO2. The zero-order chi connectivity index (χ0) is 23.6. The first kappa shape index (κ1) is 23.4. The molecule has 2 aromatic rings. The van der Waals surface area contributed by atoms with Crippen molar-refractivity contribution in [3.63, 3.8) is 0 Å². The molecular formula is C22H26N2O7S2. The van der Waals surface area contributed by atoms with Crippen LogP contribution in [0.4, 0.5) is 10.7 Å². The van der Waals surface area contributed by atoms with Gasteiger partial charge in [-0.3, -0.25) is 9.10 Å². The van der Waals surface area contributed by atoms with Crippen LogP contribution in [0.5, 0.6) is 11.5 Å². The Bertz CT molecular complexity index is 1170. The number of nitrogens with one attached hydrogen (secondary N) is 1. The predicted octanol–water partition coefficient (Wildman–Crippen LogP) is 2.98. The van der Waals surface area contributed by atoms with Gasteiger partial charge in [-0.15, -0.1) is 11.3 Å². The van der Waals surface area contributed by atoms with Crippen LogP contribution in [0.2, 0.25) is 0 Å². The summed E-state index contributed by atoms with van der Waals surface area (Å²) in [5, 5.41) is 3.16. The van der Waals surface area contributed by atoms with E-state index in [1.807, 2.05) is 0 Å². The Balaban J connectivity index is 1.61. The number of anilines is 2. The molecule has 0 unspecified atom stereocenters. The van der Waals surface area contributed by atoms with Crippen LogP contribution in [0, 0.1) is 0 Å². The second-order valence-corrected chi connectivity index (χ2v) is 11.0. The molecule has 33 heavy (non-hydrogen) atoms. The van der Waals surface area contributed by atoms with Gasteiger partial charge in [0.1, 0.15) is 24.8 Å². The molecule has 1 aromatic heterocycles. The number of methoxy groups -OCH3 is 1. The van der Waals surface area contributed by atoms with E-state index in [2.05, 4.69) is 5.32 Å². The lowest BCUT2D eigenvalue weighted by atomic mass is 9.95. The quantitative estimate of drug-likeness (QED) is 0.589. The molecular weight excluding hydrogens is 468 g/mol. The van der Waals surface area contributed by atoms with Crippen molar-refractivity contribution in [3.05, 3.63) is 34.2 Å². The topological polar surface area (TPSA) is 111 Å². The zero-order valence-corrected chi connectivity index (χ0v) is 20.1. The van der Waals surface area contributed by atoms with E-state index in [1.54, 1.807) is 18.2 Å². The number of sulfonamides is 1. The minimum atomic E-state index is -3.77. The van der Waals surface area contributed by atoms with E-state index in [9.17, 15) is 18.0 Å². The van der Waals surface area contributed by atoms with Crippen LogP contribution in [0.3, 0.4) is 0 Å². The fraction of sp³-hybridized carbons (Fsp3) is 0.455. The predicted molar refractivity (Wildman–Crippen MR) is 125 cm³/mol. The Morgan fingerprint density at radius 2 is 1.88 bits per heavy atom. The minimum Gasteiger partial charge on any atom is -0.486 e. The van der Waals surface area contributed by atoms with Gasteiger partial charge in [-0.1, -0.05) is 0 Å². The highest BCUT2D eigenvalue weighted by Gasteiger charge is 2.29. The average Bonchev–Trinajstić information content (AvgIpc) is 3.19. The van der Waals surface area contributed by atoms with Gasteiger partial charge in [-0.2, -0.15) is 0 Å². The highest BCUT2D eigenvalue weighted by molar-refractivity contribution is 7.92. The summed E-state index contributed by atoms with van der Waals surface area (Å²) in [5.41, 5.74) is 1.59. The van der Waals surface area contributed by atoms with Crippen molar-refractivity contribution in [2.75, 3.05) is 42.2 Å². The number of thiophene rings is 1. The van der Waals surface area contributed by atoms with Gasteiger partial charge in [0.2, 0.25) is 15.9 Å². The molecule has 1 amide bonds. The maximum Gasteiger partial charge on any atom is 0.341 e. The lowest BCUT2D eigenvalue weighted by Crippen LogP contribution is -2.39. The number of carbonyl (C=O) groups is 2. The maximum absolute atomic E-state index is 13.0. The molecule has 0 radical (unpaired) electrons. The normalized spacial score (nSPS) is 14.8. The van der Waals surface area contributed by atoms with Crippen molar-refractivity contribution >= 4 is 43.9 Å². The summed E-state index contributed by atoms with van der Waals surface area (Å²) in [6.07, 6.45) is 3.58. The number of hydrogen-bond acceptors (Lipinski definition) is 8. The highest BCUT2D eigenvalue weighted by Crippen LogP contribution is 2.39. The Labute approximate surface area is 196 Å². The summed E-state index contributed by atoms with van der Waals surface area (Å²) in [4.78, 5) is 26.5. The summed E-state index contributed by atoms with van der Waals surface area (Å²) in [5.74, 6) is -0.292. The molecule has 2 aliphatic rings. The van der Waals surface area contributed by atoms with Gasteiger partial charge in [0.05, 0.1) is 24.1 Å². The number of ether oxygens (including phenoxy) is 3. The van der Waals surface area contributed by atoms with Gasteiger partial charge in [-0.05, 0) is 50.3 Å². The molecule has 1 aliphatic carbocycles. The molecule has 1 aliphatic heterocycles. The van der Waals surface area contributed by atoms with Gasteiger partial charge in [0.15, 0.2) is 11.5 Å². The van der Waals surface area contributed by atoms with Crippen molar-refractivity contribution < 1.29 is 32.2 Å². The molecule has 0 spiro atoms. The Hall–Kier alpha value is -2.79. The molecule has 0 fully saturated rings. The summed E-state index contributed by atoms with van der Waals surface area (Å²) in [7, 11) is -2.47. The molecule has 0 saturated heterocycles. The molecule has 0 bridgehead atoms. The standard InChI is InChI=1S/C22H26N2O7S2/c1-3-33(27,28)24(14-8-9-16-17(12-14)31-11-10-30-16)13-19(25)23-21-20(22(26)29-2)15-6-4-5-7-18(15)32-21/h8-9,12H,3-7,10-11,13H2,1-2H3,(H,23,25). The number of rotatable bonds is 7. The lowest BCUT2D eigenvalue weighted by molar-refractivity contribution is -0.114. The fourth-order valence-corrected chi connectivity index (χ4v) is 6.32. The summed E-state index contributed by atoms with van der Waals surface area (Å²) >= 11 is 1.35. The van der Waals surface area contributed by atoms with Gasteiger partial charge in [0.25, 0.3) is 0 Å². The molecule has 0 atom stereocenters. The smallest absolute Gasteiger partial charge is 0.341 e. The fourth-order valence-electron chi connectivity index (χ4n) is 3.96. The van der Waals surface area contributed by atoms with Gasteiger partial charge in [0, 0.05) is 10.9 Å². The van der Waals surface area contributed by atoms with Crippen LogP contribution >= 0.6 is 11.3 Å². The van der Waals surface area contributed by atoms with Crippen molar-refractivity contribution in [2.45, 2.75) is 32.6 Å². The third kappa shape index (κ3) is 4.79. The van der Waals surface area contributed by atoms with Crippen LogP contribution in [0.1, 0.15) is 40.6 Å². The van der Waals surface area contributed by atoms with Crippen LogP contribution < -0.4 is 19.1 Å². The Morgan fingerprint density at radius 1 is 1.15 bits per heavy atom. The number of fused-ring (bicyclic) bond motifs is 2. The Morgan fingerprint density at radius 3 is 2.61 bits per heavy atom. The van der Waals surface area contributed by atoms with Gasteiger partial charge < -0.3 is 19.5 Å². The van der Waals surface area contributed by atoms with Crippen LogP contribution in [0.25, 0.3) is 0 Å². The molecule has 2 heterocycles. The number of amides is 1. The summed E-state index contributed by atoms with van der Waals surface area (Å²) in [6, 6.07) is 4.76. The first-order valence-corrected chi connectivity index (χ1v) is 13.2. The van der Waals surface area contributed by atoms with Crippen molar-refractivity contribution in [3.8, 4) is 11.5 Å². The van der Waals surface area contributed by atoms with Crippen molar-refractivity contribution in [1.29, 1.82) is 0 Å². The van der Waals surface area contributed by atoms with Crippen molar-refractivity contribution in [1.82, 2.24) is 0 Å². The molecule has 11 heteroatoms. The average molecular weight is 495 g/mol. The van der Waals surface area contributed by atoms with Gasteiger partial charge in [-0.25, -0.2) is 13.2 Å². The maximum atomic E-state index is 13.0. The largest absolute Gasteiger partial charge is 0.486 e. The Kier molecular flexibility index (Phi) is 6.80. The summed E-state index contributed by atoms with van der Waals surface area (Å²) < 4.78 is 42.7. The van der Waals surface area contributed by atoms with E-state index >= 15 is 0 Å². The van der Waals surface area contributed by atoms with E-state index in [4.69, 9.17) is 14.2 Å².